The highest BCUT2D eigenvalue weighted by Gasteiger charge is 2.38. The van der Waals surface area contributed by atoms with Gasteiger partial charge in [-0.05, 0) is 30.6 Å². The van der Waals surface area contributed by atoms with Crippen LogP contribution < -0.4 is 0 Å². The van der Waals surface area contributed by atoms with E-state index in [1.807, 2.05) is 0 Å². The summed E-state index contributed by atoms with van der Waals surface area (Å²) in [4.78, 5) is 0. The van der Waals surface area contributed by atoms with Crippen LogP contribution in [0.25, 0.3) is 0 Å². The summed E-state index contributed by atoms with van der Waals surface area (Å²) in [5, 5.41) is 13.9. The van der Waals surface area contributed by atoms with Gasteiger partial charge in [-0.1, -0.05) is 32.9 Å². The lowest BCUT2D eigenvalue weighted by molar-refractivity contribution is 0.142. The molecule has 1 aromatic rings. The molecule has 0 amide bonds. The van der Waals surface area contributed by atoms with Crippen LogP contribution in [-0.2, 0) is 6.42 Å². The molecule has 3 nitrogen and oxygen atoms in total. The van der Waals surface area contributed by atoms with Crippen LogP contribution in [-0.4, -0.2) is 16.9 Å². The zero-order valence-corrected chi connectivity index (χ0v) is 11.3. The zero-order valence-electron chi connectivity index (χ0n) is 11.3. The van der Waals surface area contributed by atoms with Crippen LogP contribution in [0.5, 0.6) is 0 Å². The summed E-state index contributed by atoms with van der Waals surface area (Å²) in [5.41, 5.74) is 2.43. The molecule has 1 unspecified atom stereocenters. The Morgan fingerprint density at radius 3 is 2.76 bits per heavy atom. The van der Waals surface area contributed by atoms with Gasteiger partial charge in [0.15, 0.2) is 0 Å². The Morgan fingerprint density at radius 1 is 1.47 bits per heavy atom. The predicted molar refractivity (Wildman–Crippen MR) is 67.1 cm³/mol. The normalized spacial score (nSPS) is 23.5. The lowest BCUT2D eigenvalue weighted by Crippen LogP contribution is -2.24. The number of fused-ring (bicyclic) bond motifs is 1. The molecule has 2 rings (SSSR count). The van der Waals surface area contributed by atoms with Crippen LogP contribution in [0.15, 0.2) is 4.52 Å². The van der Waals surface area contributed by atoms with Crippen molar-refractivity contribution in [3.05, 3.63) is 17.0 Å². The van der Waals surface area contributed by atoms with E-state index in [2.05, 4.69) is 32.9 Å². The molecule has 1 heterocycles. The second-order valence-corrected chi connectivity index (χ2v) is 6.14. The molecule has 1 aromatic heterocycles. The minimum Gasteiger partial charge on any atom is -0.396 e. The van der Waals surface area contributed by atoms with Gasteiger partial charge in [-0.25, -0.2) is 0 Å². The Morgan fingerprint density at radius 2 is 2.18 bits per heavy atom. The van der Waals surface area contributed by atoms with Gasteiger partial charge < -0.3 is 9.63 Å². The van der Waals surface area contributed by atoms with Crippen LogP contribution in [0.2, 0.25) is 0 Å². The summed E-state index contributed by atoms with van der Waals surface area (Å²) in [6, 6.07) is 0. The van der Waals surface area contributed by atoms with Gasteiger partial charge in [0.2, 0.25) is 0 Å². The molecule has 0 radical (unpaired) electrons. The van der Waals surface area contributed by atoms with Crippen molar-refractivity contribution < 1.29 is 9.63 Å². The molecule has 0 bridgehead atoms. The van der Waals surface area contributed by atoms with Crippen molar-refractivity contribution in [3.8, 4) is 0 Å². The molecule has 0 aromatic carbocycles. The van der Waals surface area contributed by atoms with Gasteiger partial charge in [0.05, 0.1) is 12.3 Å². The highest BCUT2D eigenvalue weighted by Crippen LogP contribution is 2.45. The van der Waals surface area contributed by atoms with Crippen molar-refractivity contribution in [2.24, 2.45) is 5.41 Å². The van der Waals surface area contributed by atoms with Crippen molar-refractivity contribution in [3.63, 3.8) is 0 Å². The van der Waals surface area contributed by atoms with Crippen LogP contribution in [0, 0.1) is 5.41 Å². The maximum Gasteiger partial charge on any atom is 0.146 e. The van der Waals surface area contributed by atoms with Gasteiger partial charge in [-0.15, -0.1) is 0 Å². The van der Waals surface area contributed by atoms with Crippen molar-refractivity contribution in [2.75, 3.05) is 6.61 Å². The zero-order chi connectivity index (χ0) is 12.6. The maximum atomic E-state index is 9.66. The number of hydrogen-bond acceptors (Lipinski definition) is 3. The highest BCUT2D eigenvalue weighted by molar-refractivity contribution is 5.30. The van der Waals surface area contributed by atoms with Gasteiger partial charge in [-0.2, -0.15) is 0 Å². The van der Waals surface area contributed by atoms with Crippen LogP contribution in [0.3, 0.4) is 0 Å². The van der Waals surface area contributed by atoms with Crippen LogP contribution in [0.4, 0.5) is 0 Å². The first-order valence-electron chi connectivity index (χ1n) is 6.56. The molecular formula is C14H23NO2. The minimum atomic E-state index is 0.0833. The van der Waals surface area contributed by atoms with Gasteiger partial charge in [0.25, 0.3) is 0 Å². The fourth-order valence-corrected chi connectivity index (χ4v) is 2.89. The van der Waals surface area contributed by atoms with Gasteiger partial charge in [-0.3, -0.25) is 0 Å². The van der Waals surface area contributed by atoms with Crippen molar-refractivity contribution in [2.45, 2.75) is 58.8 Å². The number of aliphatic hydroxyl groups excluding tert-OH is 1. The fourth-order valence-electron chi connectivity index (χ4n) is 2.89. The number of hydrogen-bond donors (Lipinski definition) is 1. The minimum absolute atomic E-state index is 0.0833. The van der Waals surface area contributed by atoms with Gasteiger partial charge in [0.1, 0.15) is 5.76 Å². The lowest BCUT2D eigenvalue weighted by atomic mass is 9.75. The topological polar surface area (TPSA) is 46.3 Å². The molecule has 0 saturated carbocycles. The predicted octanol–water partition coefficient (Wildman–Crippen LogP) is 3.24. The summed E-state index contributed by atoms with van der Waals surface area (Å²) in [6.45, 7) is 8.85. The summed E-state index contributed by atoms with van der Waals surface area (Å²) in [6.07, 6.45) is 3.31. The second-order valence-electron chi connectivity index (χ2n) is 6.14. The highest BCUT2D eigenvalue weighted by atomic mass is 16.5. The molecule has 1 N–H and O–H groups in total. The summed E-state index contributed by atoms with van der Waals surface area (Å²) in [5.74, 6) is 1.40. The van der Waals surface area contributed by atoms with Crippen LogP contribution in [0.1, 0.15) is 69.4 Å². The quantitative estimate of drug-likeness (QED) is 0.803. The van der Waals surface area contributed by atoms with E-state index in [4.69, 9.17) is 4.52 Å². The van der Waals surface area contributed by atoms with Crippen molar-refractivity contribution in [1.29, 1.82) is 0 Å². The van der Waals surface area contributed by atoms with Gasteiger partial charge in [0, 0.05) is 11.5 Å². The SMILES string of the molecule is CC(C)c1noc2c1CCCC(C)(C)C2CO. The fraction of sp³-hybridized carbons (Fsp3) is 0.786. The number of aromatic nitrogens is 1. The lowest BCUT2D eigenvalue weighted by Gasteiger charge is -2.29. The molecule has 1 atom stereocenters. The van der Waals surface area contributed by atoms with Crippen molar-refractivity contribution >= 4 is 0 Å². The first-order valence-corrected chi connectivity index (χ1v) is 6.56. The third-order valence-corrected chi connectivity index (χ3v) is 4.09. The largest absolute Gasteiger partial charge is 0.396 e. The van der Waals surface area contributed by atoms with Gasteiger partial charge >= 0.3 is 0 Å². The van der Waals surface area contributed by atoms with Crippen molar-refractivity contribution in [1.82, 2.24) is 5.16 Å². The summed E-state index contributed by atoms with van der Waals surface area (Å²) >= 11 is 0. The smallest absolute Gasteiger partial charge is 0.146 e. The standard InChI is InChI=1S/C14H23NO2/c1-9(2)12-10-6-5-7-14(3,4)11(8-16)13(10)17-15-12/h9,11,16H,5-8H2,1-4H3. The van der Waals surface area contributed by atoms with E-state index in [9.17, 15) is 5.11 Å². The molecule has 0 aliphatic heterocycles. The van der Waals surface area contributed by atoms with E-state index in [0.717, 1.165) is 30.7 Å². The first kappa shape index (κ1) is 12.6. The van der Waals surface area contributed by atoms with E-state index >= 15 is 0 Å². The Labute approximate surface area is 103 Å². The average molecular weight is 237 g/mol. The first-order chi connectivity index (χ1) is 7.97. The molecule has 3 heteroatoms. The molecule has 96 valence electrons. The van der Waals surface area contributed by atoms with E-state index in [1.165, 1.54) is 5.56 Å². The number of rotatable bonds is 2. The molecule has 1 aliphatic rings. The van der Waals surface area contributed by atoms with E-state index < -0.39 is 0 Å². The Hall–Kier alpha value is -0.830. The number of nitrogens with zero attached hydrogens (tertiary/aromatic N) is 1. The molecule has 17 heavy (non-hydrogen) atoms. The third kappa shape index (κ3) is 2.13. The molecular weight excluding hydrogens is 214 g/mol. The summed E-state index contributed by atoms with van der Waals surface area (Å²) < 4.78 is 5.56. The molecule has 0 saturated heterocycles. The summed E-state index contributed by atoms with van der Waals surface area (Å²) in [7, 11) is 0. The molecule has 1 aliphatic carbocycles. The molecule has 0 spiro atoms. The third-order valence-electron chi connectivity index (χ3n) is 4.09. The monoisotopic (exact) mass is 237 g/mol. The Bertz CT molecular complexity index is 393. The van der Waals surface area contributed by atoms with Crippen LogP contribution >= 0.6 is 0 Å². The second kappa shape index (κ2) is 4.45. The van der Waals surface area contributed by atoms with E-state index in [-0.39, 0.29) is 17.9 Å². The Balaban J connectivity index is 2.47. The van der Waals surface area contributed by atoms with E-state index in [0.29, 0.717) is 5.92 Å². The maximum absolute atomic E-state index is 9.66. The van der Waals surface area contributed by atoms with E-state index in [1.54, 1.807) is 0 Å². The molecule has 0 fully saturated rings. The number of aliphatic hydroxyl groups is 1. The Kier molecular flexibility index (Phi) is 3.30. The average Bonchev–Trinajstić information content (AvgIpc) is 2.57.